The van der Waals surface area contributed by atoms with Crippen LogP contribution < -0.4 is 10.1 Å². The summed E-state index contributed by atoms with van der Waals surface area (Å²) in [6.07, 6.45) is 1.22. The van der Waals surface area contributed by atoms with Gasteiger partial charge in [0.2, 0.25) is 11.8 Å². The maximum atomic E-state index is 12.4. The van der Waals surface area contributed by atoms with E-state index in [-0.39, 0.29) is 17.9 Å². The summed E-state index contributed by atoms with van der Waals surface area (Å²) < 4.78 is 5.22. The standard InChI is InChI=1S/C18H28N2O3/c1-6-13(3)19-18(22)14(4)20(17(21)7-2)12-15-9-8-10-16(11-15)23-5/h8-11,13-14H,6-7,12H2,1-5H3,(H,19,22)/t13-,14-/m1/s1. The number of ether oxygens (including phenoxy) is 1. The van der Waals surface area contributed by atoms with E-state index in [0.717, 1.165) is 17.7 Å². The van der Waals surface area contributed by atoms with Crippen LogP contribution in [0.3, 0.4) is 0 Å². The third-order valence-electron chi connectivity index (χ3n) is 3.96. The second kappa shape index (κ2) is 9.18. The van der Waals surface area contributed by atoms with Gasteiger partial charge in [0.15, 0.2) is 0 Å². The number of nitrogens with one attached hydrogen (secondary N) is 1. The molecule has 0 fully saturated rings. The summed E-state index contributed by atoms with van der Waals surface area (Å²) in [6, 6.07) is 7.14. The predicted octanol–water partition coefficient (Wildman–Crippen LogP) is 2.74. The lowest BCUT2D eigenvalue weighted by Crippen LogP contribution is -2.49. The molecule has 0 unspecified atom stereocenters. The Labute approximate surface area is 139 Å². The van der Waals surface area contributed by atoms with Crippen molar-refractivity contribution in [1.29, 1.82) is 0 Å². The zero-order valence-electron chi connectivity index (χ0n) is 14.8. The topological polar surface area (TPSA) is 58.6 Å². The van der Waals surface area contributed by atoms with Crippen LogP contribution in [0.25, 0.3) is 0 Å². The minimum absolute atomic E-state index is 0.0420. The minimum atomic E-state index is -0.511. The van der Waals surface area contributed by atoms with Crippen molar-refractivity contribution >= 4 is 11.8 Å². The van der Waals surface area contributed by atoms with Crippen molar-refractivity contribution in [3.8, 4) is 5.75 Å². The van der Waals surface area contributed by atoms with Crippen LogP contribution in [0.15, 0.2) is 24.3 Å². The van der Waals surface area contributed by atoms with Gasteiger partial charge in [-0.25, -0.2) is 0 Å². The first-order valence-electron chi connectivity index (χ1n) is 8.15. The fraction of sp³-hybridized carbons (Fsp3) is 0.556. The van der Waals surface area contributed by atoms with Crippen LogP contribution in [-0.2, 0) is 16.1 Å². The molecule has 0 spiro atoms. The third-order valence-corrected chi connectivity index (χ3v) is 3.96. The van der Waals surface area contributed by atoms with Gasteiger partial charge in [-0.05, 0) is 38.0 Å². The number of methoxy groups -OCH3 is 1. The summed E-state index contributed by atoms with van der Waals surface area (Å²) in [5.74, 6) is 0.576. The molecule has 1 rings (SSSR count). The van der Waals surface area contributed by atoms with Gasteiger partial charge in [-0.1, -0.05) is 26.0 Å². The highest BCUT2D eigenvalue weighted by Crippen LogP contribution is 2.16. The average Bonchev–Trinajstić information content (AvgIpc) is 2.58. The molecule has 0 bridgehead atoms. The molecule has 0 radical (unpaired) electrons. The number of hydrogen-bond donors (Lipinski definition) is 1. The second-order valence-corrected chi connectivity index (χ2v) is 5.72. The summed E-state index contributed by atoms with van der Waals surface area (Å²) in [7, 11) is 1.61. The van der Waals surface area contributed by atoms with Crippen molar-refractivity contribution in [2.45, 2.75) is 59.2 Å². The Hall–Kier alpha value is -2.04. The molecular formula is C18H28N2O3. The maximum absolute atomic E-state index is 12.4. The Morgan fingerprint density at radius 3 is 2.52 bits per heavy atom. The molecule has 5 nitrogen and oxygen atoms in total. The SMILES string of the molecule is CCC(=O)N(Cc1cccc(OC)c1)[C@H](C)C(=O)N[C@H](C)CC. The van der Waals surface area contributed by atoms with Gasteiger partial charge in [-0.15, -0.1) is 0 Å². The average molecular weight is 320 g/mol. The molecule has 2 atom stereocenters. The third kappa shape index (κ3) is 5.58. The van der Waals surface area contributed by atoms with Gasteiger partial charge in [0.25, 0.3) is 0 Å². The largest absolute Gasteiger partial charge is 0.497 e. The monoisotopic (exact) mass is 320 g/mol. The Balaban J connectivity index is 2.91. The molecule has 0 aliphatic heterocycles. The first kappa shape index (κ1) is 19.0. The van der Waals surface area contributed by atoms with Crippen molar-refractivity contribution in [1.82, 2.24) is 10.2 Å². The second-order valence-electron chi connectivity index (χ2n) is 5.72. The van der Waals surface area contributed by atoms with E-state index < -0.39 is 6.04 Å². The van der Waals surface area contributed by atoms with E-state index in [1.165, 1.54) is 0 Å². The van der Waals surface area contributed by atoms with Gasteiger partial charge in [0.05, 0.1) is 7.11 Å². The Bertz CT molecular complexity index is 531. The smallest absolute Gasteiger partial charge is 0.242 e. The number of nitrogens with zero attached hydrogens (tertiary/aromatic N) is 1. The lowest BCUT2D eigenvalue weighted by Gasteiger charge is -2.29. The zero-order chi connectivity index (χ0) is 17.4. The fourth-order valence-electron chi connectivity index (χ4n) is 2.22. The van der Waals surface area contributed by atoms with Crippen molar-refractivity contribution in [3.05, 3.63) is 29.8 Å². The molecule has 23 heavy (non-hydrogen) atoms. The number of carbonyl (C=O) groups is 2. The van der Waals surface area contributed by atoms with Crippen LogP contribution in [0.5, 0.6) is 5.75 Å². The number of carbonyl (C=O) groups excluding carboxylic acids is 2. The molecule has 0 aromatic heterocycles. The van der Waals surface area contributed by atoms with E-state index in [0.29, 0.717) is 13.0 Å². The van der Waals surface area contributed by atoms with Gasteiger partial charge in [-0.3, -0.25) is 9.59 Å². The van der Waals surface area contributed by atoms with E-state index in [9.17, 15) is 9.59 Å². The quantitative estimate of drug-likeness (QED) is 0.801. The van der Waals surface area contributed by atoms with Crippen molar-refractivity contribution in [2.24, 2.45) is 0 Å². The highest BCUT2D eigenvalue weighted by molar-refractivity contribution is 5.87. The van der Waals surface area contributed by atoms with Crippen LogP contribution in [0.2, 0.25) is 0 Å². The summed E-state index contributed by atoms with van der Waals surface area (Å²) in [4.78, 5) is 26.3. The molecule has 1 aromatic rings. The first-order chi connectivity index (χ1) is 10.9. The van der Waals surface area contributed by atoms with E-state index in [4.69, 9.17) is 4.74 Å². The van der Waals surface area contributed by atoms with Gasteiger partial charge >= 0.3 is 0 Å². The highest BCUT2D eigenvalue weighted by atomic mass is 16.5. The molecule has 5 heteroatoms. The first-order valence-corrected chi connectivity index (χ1v) is 8.15. The van der Waals surface area contributed by atoms with Crippen molar-refractivity contribution in [2.75, 3.05) is 7.11 Å². The number of hydrogen-bond acceptors (Lipinski definition) is 3. The molecular weight excluding hydrogens is 292 g/mol. The number of amides is 2. The Morgan fingerprint density at radius 2 is 1.96 bits per heavy atom. The van der Waals surface area contributed by atoms with Crippen molar-refractivity contribution in [3.63, 3.8) is 0 Å². The number of benzene rings is 1. The predicted molar refractivity (Wildman–Crippen MR) is 91.2 cm³/mol. The molecule has 0 saturated heterocycles. The van der Waals surface area contributed by atoms with E-state index in [1.807, 2.05) is 38.1 Å². The van der Waals surface area contributed by atoms with Crippen molar-refractivity contribution < 1.29 is 14.3 Å². The highest BCUT2D eigenvalue weighted by Gasteiger charge is 2.25. The molecule has 1 aromatic carbocycles. The number of rotatable bonds is 8. The Kier molecular flexibility index (Phi) is 7.59. The Morgan fingerprint density at radius 1 is 1.26 bits per heavy atom. The molecule has 0 aliphatic rings. The van der Waals surface area contributed by atoms with Crippen LogP contribution in [0.4, 0.5) is 0 Å². The lowest BCUT2D eigenvalue weighted by atomic mass is 10.1. The van der Waals surface area contributed by atoms with Crippen LogP contribution in [-0.4, -0.2) is 35.9 Å². The molecule has 0 saturated carbocycles. The summed E-state index contributed by atoms with van der Waals surface area (Å²) in [5, 5.41) is 2.94. The molecule has 0 aliphatic carbocycles. The van der Waals surface area contributed by atoms with Crippen LogP contribution in [0.1, 0.15) is 46.1 Å². The minimum Gasteiger partial charge on any atom is -0.497 e. The summed E-state index contributed by atoms with van der Waals surface area (Å²) in [6.45, 7) is 7.93. The fourth-order valence-corrected chi connectivity index (χ4v) is 2.22. The van der Waals surface area contributed by atoms with Crippen LogP contribution in [0, 0.1) is 0 Å². The van der Waals surface area contributed by atoms with Crippen LogP contribution >= 0.6 is 0 Å². The van der Waals surface area contributed by atoms with E-state index in [1.54, 1.807) is 25.9 Å². The van der Waals surface area contributed by atoms with Gasteiger partial charge in [-0.2, -0.15) is 0 Å². The maximum Gasteiger partial charge on any atom is 0.242 e. The van der Waals surface area contributed by atoms with E-state index in [2.05, 4.69) is 5.32 Å². The molecule has 1 N–H and O–H groups in total. The molecule has 128 valence electrons. The normalized spacial score (nSPS) is 13.1. The molecule has 0 heterocycles. The van der Waals surface area contributed by atoms with Gasteiger partial charge < -0.3 is 15.0 Å². The van der Waals surface area contributed by atoms with E-state index >= 15 is 0 Å². The molecule has 2 amide bonds. The summed E-state index contributed by atoms with van der Waals surface area (Å²) >= 11 is 0. The lowest BCUT2D eigenvalue weighted by molar-refractivity contribution is -0.140. The van der Waals surface area contributed by atoms with Gasteiger partial charge in [0, 0.05) is 19.0 Å². The zero-order valence-corrected chi connectivity index (χ0v) is 14.8. The van der Waals surface area contributed by atoms with Gasteiger partial charge in [0.1, 0.15) is 11.8 Å². The summed E-state index contributed by atoms with van der Waals surface area (Å²) in [5.41, 5.74) is 0.939.